The lowest BCUT2D eigenvalue weighted by atomic mass is 9.93. The first-order valence-corrected chi connectivity index (χ1v) is 6.58. The van der Waals surface area contributed by atoms with E-state index in [0.717, 1.165) is 18.2 Å². The molecule has 0 aliphatic rings. The largest absolute Gasteiger partial charge is 0.480 e. The van der Waals surface area contributed by atoms with Gasteiger partial charge in [0.2, 0.25) is 11.8 Å². The number of halogens is 2. The first-order chi connectivity index (χ1) is 11.4. The summed E-state index contributed by atoms with van der Waals surface area (Å²) in [5, 5.41) is 18.8. The van der Waals surface area contributed by atoms with Crippen molar-refractivity contribution < 1.29 is 18.3 Å². The Morgan fingerprint density at radius 1 is 1.21 bits per heavy atom. The van der Waals surface area contributed by atoms with E-state index in [4.69, 9.17) is 10.5 Å². The number of benzene rings is 1. The van der Waals surface area contributed by atoms with E-state index >= 15 is 0 Å². The average Bonchev–Trinajstić information content (AvgIpc) is 2.53. The molecular formula is C16H10F2N4O2. The van der Waals surface area contributed by atoms with Crippen LogP contribution in [0, 0.1) is 34.3 Å². The molecule has 0 aliphatic carbocycles. The van der Waals surface area contributed by atoms with Gasteiger partial charge in [0, 0.05) is 5.56 Å². The van der Waals surface area contributed by atoms with Crippen molar-refractivity contribution in [3.63, 3.8) is 0 Å². The summed E-state index contributed by atoms with van der Waals surface area (Å²) in [6, 6.07) is 6.60. The van der Waals surface area contributed by atoms with Crippen LogP contribution in [0.4, 0.5) is 8.78 Å². The smallest absolute Gasteiger partial charge is 0.232 e. The number of nitriles is 2. The summed E-state index contributed by atoms with van der Waals surface area (Å²) in [6.45, 7) is 0. The van der Waals surface area contributed by atoms with E-state index in [1.165, 1.54) is 7.11 Å². The molecule has 1 aromatic heterocycles. The normalized spacial score (nSPS) is 9.88. The van der Waals surface area contributed by atoms with E-state index in [1.807, 2.05) is 0 Å². The lowest BCUT2D eigenvalue weighted by molar-refractivity contribution is -0.117. The van der Waals surface area contributed by atoms with Crippen LogP contribution in [0.15, 0.2) is 18.2 Å². The summed E-state index contributed by atoms with van der Waals surface area (Å²) < 4.78 is 33.3. The number of methoxy groups -OCH3 is 1. The third-order valence-corrected chi connectivity index (χ3v) is 3.21. The molecule has 0 spiro atoms. The molecule has 1 amide bonds. The lowest BCUT2D eigenvalue weighted by Crippen LogP contribution is -2.17. The maximum atomic E-state index is 14.2. The molecule has 1 heterocycles. The van der Waals surface area contributed by atoms with Crippen LogP contribution in [-0.2, 0) is 11.2 Å². The standard InChI is InChI=1S/C16H10F2N4O2/c1-24-16-9(7-20)14(15-10(17)3-2-4-11(15)18)8(6-19)12(22-16)5-13(21)23/h2-4H,5H2,1H3,(H2,21,23). The number of aromatic nitrogens is 1. The van der Waals surface area contributed by atoms with Crippen molar-refractivity contribution in [2.75, 3.05) is 7.11 Å². The number of rotatable bonds is 4. The van der Waals surface area contributed by atoms with Crippen LogP contribution in [0.1, 0.15) is 16.8 Å². The Hall–Kier alpha value is -3.52. The van der Waals surface area contributed by atoms with Crippen molar-refractivity contribution in [2.45, 2.75) is 6.42 Å². The Kier molecular flexibility index (Phi) is 4.71. The highest BCUT2D eigenvalue weighted by Gasteiger charge is 2.26. The lowest BCUT2D eigenvalue weighted by Gasteiger charge is -2.14. The van der Waals surface area contributed by atoms with Crippen LogP contribution >= 0.6 is 0 Å². The van der Waals surface area contributed by atoms with Gasteiger partial charge >= 0.3 is 0 Å². The second kappa shape index (κ2) is 6.71. The number of hydrogen-bond donors (Lipinski definition) is 1. The predicted molar refractivity (Wildman–Crippen MR) is 78.5 cm³/mol. The summed E-state index contributed by atoms with van der Waals surface area (Å²) in [4.78, 5) is 15.1. The maximum Gasteiger partial charge on any atom is 0.232 e. The minimum absolute atomic E-state index is 0.126. The molecule has 0 radical (unpaired) electrons. The van der Waals surface area contributed by atoms with Gasteiger partial charge in [0.15, 0.2) is 0 Å². The van der Waals surface area contributed by atoms with Crippen LogP contribution in [0.5, 0.6) is 5.88 Å². The number of nitrogens with zero attached hydrogens (tertiary/aromatic N) is 3. The zero-order valence-corrected chi connectivity index (χ0v) is 12.4. The Labute approximate surface area is 135 Å². The van der Waals surface area contributed by atoms with E-state index in [0.29, 0.717) is 0 Å². The van der Waals surface area contributed by atoms with Gasteiger partial charge in [-0.2, -0.15) is 10.5 Å². The van der Waals surface area contributed by atoms with Crippen molar-refractivity contribution in [3.8, 4) is 29.1 Å². The molecule has 0 atom stereocenters. The summed E-state index contributed by atoms with van der Waals surface area (Å²) >= 11 is 0. The van der Waals surface area contributed by atoms with E-state index in [2.05, 4.69) is 4.98 Å². The molecular weight excluding hydrogens is 318 g/mol. The molecule has 0 saturated carbocycles. The van der Waals surface area contributed by atoms with Crippen molar-refractivity contribution >= 4 is 5.91 Å². The van der Waals surface area contributed by atoms with E-state index in [-0.39, 0.29) is 28.3 Å². The first kappa shape index (κ1) is 16.8. The third kappa shape index (κ3) is 2.85. The Morgan fingerprint density at radius 3 is 2.25 bits per heavy atom. The molecule has 120 valence electrons. The fourth-order valence-corrected chi connectivity index (χ4v) is 2.26. The van der Waals surface area contributed by atoms with Crippen molar-refractivity contribution in [1.29, 1.82) is 10.5 Å². The average molecular weight is 328 g/mol. The molecule has 6 nitrogen and oxygen atoms in total. The Morgan fingerprint density at radius 2 is 1.79 bits per heavy atom. The van der Waals surface area contributed by atoms with Crippen LogP contribution in [0.2, 0.25) is 0 Å². The van der Waals surface area contributed by atoms with Gasteiger partial charge in [0.1, 0.15) is 29.3 Å². The zero-order valence-electron chi connectivity index (χ0n) is 12.4. The van der Waals surface area contributed by atoms with Gasteiger partial charge in [-0.05, 0) is 12.1 Å². The number of hydrogen-bond acceptors (Lipinski definition) is 5. The van der Waals surface area contributed by atoms with Gasteiger partial charge in [0.05, 0.1) is 30.4 Å². The second-order valence-corrected chi connectivity index (χ2v) is 4.66. The summed E-state index contributed by atoms with van der Waals surface area (Å²) in [5.74, 6) is -3.00. The van der Waals surface area contributed by atoms with Gasteiger partial charge in [-0.25, -0.2) is 13.8 Å². The molecule has 1 aromatic carbocycles. The van der Waals surface area contributed by atoms with Gasteiger partial charge < -0.3 is 10.5 Å². The first-order valence-electron chi connectivity index (χ1n) is 6.58. The third-order valence-electron chi connectivity index (χ3n) is 3.21. The number of primary amides is 1. The molecule has 0 fully saturated rings. The minimum atomic E-state index is -0.971. The highest BCUT2D eigenvalue weighted by molar-refractivity contribution is 5.83. The zero-order chi connectivity index (χ0) is 17.9. The van der Waals surface area contributed by atoms with Crippen LogP contribution in [0.3, 0.4) is 0 Å². The van der Waals surface area contributed by atoms with Gasteiger partial charge in [0.25, 0.3) is 0 Å². The number of amides is 1. The minimum Gasteiger partial charge on any atom is -0.480 e. The summed E-state index contributed by atoms with van der Waals surface area (Å²) in [5.41, 5.74) is 3.47. The number of ether oxygens (including phenoxy) is 1. The van der Waals surface area contributed by atoms with Gasteiger partial charge in [-0.3, -0.25) is 4.79 Å². The molecule has 2 aromatic rings. The van der Waals surface area contributed by atoms with Crippen molar-refractivity contribution in [2.24, 2.45) is 5.73 Å². The monoisotopic (exact) mass is 328 g/mol. The quantitative estimate of drug-likeness (QED) is 0.919. The van der Waals surface area contributed by atoms with Crippen LogP contribution in [-0.4, -0.2) is 18.0 Å². The molecule has 2 N–H and O–H groups in total. The number of carbonyl (C=O) groups excluding carboxylic acids is 1. The Balaban J connectivity index is 2.99. The summed E-state index contributed by atoms with van der Waals surface area (Å²) in [6.07, 6.45) is -0.450. The van der Waals surface area contributed by atoms with Crippen LogP contribution in [0.25, 0.3) is 11.1 Å². The fourth-order valence-electron chi connectivity index (χ4n) is 2.26. The van der Waals surface area contributed by atoms with Crippen LogP contribution < -0.4 is 10.5 Å². The molecule has 0 bridgehead atoms. The Bertz CT molecular complexity index is 894. The predicted octanol–water partition coefficient (Wildman–Crippen LogP) is 1.81. The number of pyridine rings is 1. The SMILES string of the molecule is COc1nc(CC(N)=O)c(C#N)c(-c2c(F)cccc2F)c1C#N. The number of nitrogens with two attached hydrogens (primary N) is 1. The molecule has 2 rings (SSSR count). The van der Waals surface area contributed by atoms with Crippen molar-refractivity contribution in [3.05, 3.63) is 46.7 Å². The van der Waals surface area contributed by atoms with Gasteiger partial charge in [-0.1, -0.05) is 6.07 Å². The molecule has 0 aliphatic heterocycles. The maximum absolute atomic E-state index is 14.2. The van der Waals surface area contributed by atoms with Gasteiger partial charge in [-0.15, -0.1) is 0 Å². The second-order valence-electron chi connectivity index (χ2n) is 4.66. The molecule has 0 unspecified atom stereocenters. The van der Waals surface area contributed by atoms with Crippen molar-refractivity contribution in [1.82, 2.24) is 4.98 Å². The molecule has 8 heteroatoms. The van der Waals surface area contributed by atoms with E-state index in [9.17, 15) is 24.1 Å². The molecule has 24 heavy (non-hydrogen) atoms. The number of carbonyl (C=O) groups is 1. The van der Waals surface area contributed by atoms with E-state index < -0.39 is 29.5 Å². The summed E-state index contributed by atoms with van der Waals surface area (Å²) in [7, 11) is 1.20. The highest BCUT2D eigenvalue weighted by Crippen LogP contribution is 2.36. The highest BCUT2D eigenvalue weighted by atomic mass is 19.1. The fraction of sp³-hybridized carbons (Fsp3) is 0.125. The molecule has 0 saturated heterocycles. The topological polar surface area (TPSA) is 113 Å². The van der Waals surface area contributed by atoms with E-state index in [1.54, 1.807) is 12.1 Å².